The van der Waals surface area contributed by atoms with Crippen LogP contribution in [0.25, 0.3) is 0 Å². The Morgan fingerprint density at radius 1 is 1.22 bits per heavy atom. The minimum atomic E-state index is -4.25. The summed E-state index contributed by atoms with van der Waals surface area (Å²) in [4.78, 5) is -1.01. The monoisotopic (exact) mass is 281 g/mol. The fourth-order valence-corrected chi connectivity index (χ4v) is 2.37. The van der Waals surface area contributed by atoms with Gasteiger partial charge in [0.15, 0.2) is 4.90 Å². The Hall–Kier alpha value is -1.09. The van der Waals surface area contributed by atoms with Crippen molar-refractivity contribution in [2.45, 2.75) is 4.90 Å². The Bertz CT molecular complexity index is 472. The van der Waals surface area contributed by atoms with Crippen LogP contribution in [0.1, 0.15) is 0 Å². The lowest BCUT2D eigenvalue weighted by atomic mass is 10.3. The summed E-state index contributed by atoms with van der Waals surface area (Å²) in [6.45, 7) is -0.267. The van der Waals surface area contributed by atoms with Crippen molar-refractivity contribution in [1.29, 1.82) is 0 Å². The van der Waals surface area contributed by atoms with E-state index in [1.54, 1.807) is 0 Å². The summed E-state index contributed by atoms with van der Waals surface area (Å²) in [5.41, 5.74) is 0. The van der Waals surface area contributed by atoms with Crippen LogP contribution in [0.2, 0.25) is 0 Å². The van der Waals surface area contributed by atoms with Crippen molar-refractivity contribution in [2.24, 2.45) is 0 Å². The number of hydrogen-bond acceptors (Lipinski definition) is 4. The van der Waals surface area contributed by atoms with Gasteiger partial charge in [0, 0.05) is 6.54 Å². The highest BCUT2D eigenvalue weighted by Crippen LogP contribution is 2.17. The van der Waals surface area contributed by atoms with Crippen LogP contribution in [-0.4, -0.2) is 39.9 Å². The van der Waals surface area contributed by atoms with E-state index in [0.29, 0.717) is 0 Å². The maximum absolute atomic E-state index is 13.3. The molecular weight excluding hydrogens is 268 g/mol. The van der Waals surface area contributed by atoms with Crippen molar-refractivity contribution in [3.8, 4) is 0 Å². The number of aliphatic hydroxyl groups excluding tert-OH is 1. The van der Waals surface area contributed by atoms with Crippen LogP contribution in [0, 0.1) is 11.6 Å². The fourth-order valence-electron chi connectivity index (χ4n) is 1.23. The molecule has 5 nitrogen and oxygen atoms in total. The lowest BCUT2D eigenvalue weighted by Gasteiger charge is -2.08. The summed E-state index contributed by atoms with van der Waals surface area (Å²) >= 11 is 0. The average Bonchev–Trinajstić information content (AvgIpc) is 2.28. The van der Waals surface area contributed by atoms with Crippen LogP contribution < -0.4 is 4.72 Å². The standard InChI is InChI=1S/C10H13F2NO4S/c11-8-2-1-3-9(12)10(8)18(15,16)13-4-6-17-7-5-14/h1-3,13-14H,4-7H2. The van der Waals surface area contributed by atoms with Crippen LogP contribution in [0.15, 0.2) is 23.1 Å². The molecule has 0 radical (unpaired) electrons. The molecule has 1 aromatic carbocycles. The molecule has 0 spiro atoms. The molecule has 0 aromatic heterocycles. The third-order valence-electron chi connectivity index (χ3n) is 1.96. The van der Waals surface area contributed by atoms with Gasteiger partial charge in [0.25, 0.3) is 0 Å². The minimum absolute atomic E-state index is 0.00411. The molecule has 0 aliphatic rings. The Morgan fingerprint density at radius 2 is 1.83 bits per heavy atom. The van der Waals surface area contributed by atoms with Crippen molar-refractivity contribution < 1.29 is 27.0 Å². The first-order valence-corrected chi connectivity index (χ1v) is 6.59. The lowest BCUT2D eigenvalue weighted by Crippen LogP contribution is -2.29. The van der Waals surface area contributed by atoms with E-state index in [0.717, 1.165) is 18.2 Å². The molecule has 0 aliphatic heterocycles. The molecule has 102 valence electrons. The largest absolute Gasteiger partial charge is 0.394 e. The van der Waals surface area contributed by atoms with Gasteiger partial charge in [0.1, 0.15) is 11.6 Å². The molecule has 0 saturated carbocycles. The number of nitrogens with one attached hydrogen (secondary N) is 1. The first-order chi connectivity index (χ1) is 8.49. The molecular formula is C10H13F2NO4S. The second kappa shape index (κ2) is 6.74. The molecule has 1 rings (SSSR count). The van der Waals surface area contributed by atoms with Gasteiger partial charge in [-0.15, -0.1) is 0 Å². The Balaban J connectivity index is 2.69. The van der Waals surface area contributed by atoms with E-state index in [1.807, 2.05) is 4.72 Å². The molecule has 0 aliphatic carbocycles. The normalized spacial score (nSPS) is 11.7. The zero-order valence-corrected chi connectivity index (χ0v) is 10.2. The highest BCUT2D eigenvalue weighted by Gasteiger charge is 2.22. The molecule has 0 atom stereocenters. The molecule has 0 heterocycles. The summed E-state index contributed by atoms with van der Waals surface area (Å²) in [6, 6.07) is 2.80. The van der Waals surface area contributed by atoms with E-state index in [1.165, 1.54) is 0 Å². The highest BCUT2D eigenvalue weighted by atomic mass is 32.2. The molecule has 0 fully saturated rings. The van der Waals surface area contributed by atoms with Gasteiger partial charge in [-0.1, -0.05) is 6.07 Å². The van der Waals surface area contributed by atoms with Crippen molar-refractivity contribution in [3.05, 3.63) is 29.8 Å². The summed E-state index contributed by atoms with van der Waals surface area (Å²) in [5, 5.41) is 8.41. The number of benzene rings is 1. The van der Waals surface area contributed by atoms with E-state index in [-0.39, 0.29) is 26.4 Å². The second-order valence-corrected chi connectivity index (χ2v) is 4.99. The Kier molecular flexibility index (Phi) is 5.60. The molecule has 0 unspecified atom stereocenters. The van der Waals surface area contributed by atoms with Crippen molar-refractivity contribution in [2.75, 3.05) is 26.4 Å². The molecule has 0 bridgehead atoms. The van der Waals surface area contributed by atoms with Gasteiger partial charge in [-0.05, 0) is 12.1 Å². The molecule has 8 heteroatoms. The number of hydrogen-bond donors (Lipinski definition) is 2. The van der Waals surface area contributed by atoms with Crippen LogP contribution in [0.5, 0.6) is 0 Å². The van der Waals surface area contributed by atoms with E-state index in [4.69, 9.17) is 9.84 Å². The SMILES string of the molecule is O=S(=O)(NCCOCCO)c1c(F)cccc1F. The molecule has 0 amide bonds. The van der Waals surface area contributed by atoms with Crippen molar-refractivity contribution in [1.82, 2.24) is 4.72 Å². The van der Waals surface area contributed by atoms with Crippen LogP contribution in [0.4, 0.5) is 8.78 Å². The predicted octanol–water partition coefficient (Wildman–Crippen LogP) is 0.252. The quantitative estimate of drug-likeness (QED) is 0.703. The first-order valence-electron chi connectivity index (χ1n) is 5.11. The van der Waals surface area contributed by atoms with Crippen molar-refractivity contribution >= 4 is 10.0 Å². The van der Waals surface area contributed by atoms with Gasteiger partial charge in [-0.3, -0.25) is 0 Å². The van der Waals surface area contributed by atoms with Gasteiger partial charge < -0.3 is 9.84 Å². The summed E-state index contributed by atoms with van der Waals surface area (Å²) in [5.74, 6) is -2.31. The Morgan fingerprint density at radius 3 is 2.39 bits per heavy atom. The molecule has 0 saturated heterocycles. The van der Waals surface area contributed by atoms with E-state index in [9.17, 15) is 17.2 Å². The predicted molar refractivity (Wildman–Crippen MR) is 59.5 cm³/mol. The smallest absolute Gasteiger partial charge is 0.246 e. The summed E-state index contributed by atoms with van der Waals surface area (Å²) in [6.07, 6.45) is 0. The molecule has 18 heavy (non-hydrogen) atoms. The van der Waals surface area contributed by atoms with E-state index >= 15 is 0 Å². The van der Waals surface area contributed by atoms with E-state index < -0.39 is 26.6 Å². The third-order valence-corrected chi connectivity index (χ3v) is 3.47. The van der Waals surface area contributed by atoms with Crippen LogP contribution in [0.3, 0.4) is 0 Å². The zero-order chi connectivity index (χ0) is 13.6. The van der Waals surface area contributed by atoms with E-state index in [2.05, 4.69) is 0 Å². The topological polar surface area (TPSA) is 75.6 Å². The lowest BCUT2D eigenvalue weighted by molar-refractivity contribution is 0.0961. The van der Waals surface area contributed by atoms with Crippen LogP contribution in [-0.2, 0) is 14.8 Å². The fraction of sp³-hybridized carbons (Fsp3) is 0.400. The zero-order valence-electron chi connectivity index (χ0n) is 9.40. The van der Waals surface area contributed by atoms with Gasteiger partial charge >= 0.3 is 0 Å². The second-order valence-electron chi connectivity index (χ2n) is 3.28. The third kappa shape index (κ3) is 3.98. The number of ether oxygens (including phenoxy) is 1. The van der Waals surface area contributed by atoms with Crippen LogP contribution >= 0.6 is 0 Å². The summed E-state index contributed by atoms with van der Waals surface area (Å²) in [7, 11) is -4.25. The number of aliphatic hydroxyl groups is 1. The minimum Gasteiger partial charge on any atom is -0.394 e. The number of halogens is 2. The summed E-state index contributed by atoms with van der Waals surface area (Å²) < 4.78 is 56.5. The maximum Gasteiger partial charge on any atom is 0.246 e. The molecule has 1 aromatic rings. The van der Waals surface area contributed by atoms with Gasteiger partial charge in [0.05, 0.1) is 19.8 Å². The Labute approximate surface area is 103 Å². The maximum atomic E-state index is 13.3. The first kappa shape index (κ1) is 15.0. The van der Waals surface area contributed by atoms with Gasteiger partial charge in [-0.25, -0.2) is 21.9 Å². The van der Waals surface area contributed by atoms with Crippen molar-refractivity contribution in [3.63, 3.8) is 0 Å². The highest BCUT2D eigenvalue weighted by molar-refractivity contribution is 7.89. The van der Waals surface area contributed by atoms with Gasteiger partial charge in [0.2, 0.25) is 10.0 Å². The molecule has 2 N–H and O–H groups in total. The number of rotatable bonds is 7. The number of sulfonamides is 1. The average molecular weight is 281 g/mol. The van der Waals surface area contributed by atoms with Gasteiger partial charge in [-0.2, -0.15) is 0 Å².